The van der Waals surface area contributed by atoms with Crippen molar-refractivity contribution < 1.29 is 4.79 Å². The highest BCUT2D eigenvalue weighted by Crippen LogP contribution is 2.26. The predicted molar refractivity (Wildman–Crippen MR) is 90.5 cm³/mol. The Morgan fingerprint density at radius 2 is 1.95 bits per heavy atom. The van der Waals surface area contributed by atoms with Gasteiger partial charge in [-0.25, -0.2) is 0 Å². The Balaban J connectivity index is 1.90. The van der Waals surface area contributed by atoms with Gasteiger partial charge in [-0.05, 0) is 52.5 Å². The highest BCUT2D eigenvalue weighted by molar-refractivity contribution is 9.10. The van der Waals surface area contributed by atoms with Crippen LogP contribution < -0.4 is 11.1 Å². The maximum absolute atomic E-state index is 12.1. The minimum Gasteiger partial charge on any atom is -0.324 e. The molecule has 1 unspecified atom stereocenters. The number of hydrogen-bond acceptors (Lipinski definition) is 2. The lowest BCUT2D eigenvalue weighted by Crippen LogP contribution is -2.36. The van der Waals surface area contributed by atoms with E-state index in [-0.39, 0.29) is 5.91 Å². The quantitative estimate of drug-likeness (QED) is 0.839. The molecule has 2 aromatic carbocycles. The van der Waals surface area contributed by atoms with Crippen LogP contribution in [0.25, 0.3) is 0 Å². The average molecular weight is 368 g/mol. The third-order valence-electron chi connectivity index (χ3n) is 3.11. The molecule has 0 bridgehead atoms. The third kappa shape index (κ3) is 4.84. The smallest absolute Gasteiger partial charge is 0.241 e. The molecule has 5 heteroatoms. The van der Waals surface area contributed by atoms with Gasteiger partial charge in [0.25, 0.3) is 0 Å². The van der Waals surface area contributed by atoms with Gasteiger partial charge < -0.3 is 11.1 Å². The minimum atomic E-state index is -0.548. The summed E-state index contributed by atoms with van der Waals surface area (Å²) in [4.78, 5) is 12.1. The minimum absolute atomic E-state index is 0.200. The normalized spacial score (nSPS) is 12.0. The van der Waals surface area contributed by atoms with Gasteiger partial charge in [0.1, 0.15) is 0 Å². The number of halogens is 2. The number of hydrogen-bond donors (Lipinski definition) is 2. The fourth-order valence-electron chi connectivity index (χ4n) is 1.91. The zero-order valence-corrected chi connectivity index (χ0v) is 13.7. The number of aryl methyl sites for hydroxylation is 1. The van der Waals surface area contributed by atoms with Gasteiger partial charge in [0, 0.05) is 9.50 Å². The second-order valence-electron chi connectivity index (χ2n) is 4.74. The Morgan fingerprint density at radius 1 is 1.24 bits per heavy atom. The summed E-state index contributed by atoms with van der Waals surface area (Å²) in [7, 11) is 0. The molecule has 2 aromatic rings. The van der Waals surface area contributed by atoms with Gasteiger partial charge in [0.15, 0.2) is 0 Å². The SMILES string of the molecule is NC(CCc1ccccc1)C(=O)Nc1ccc(Cl)cc1Br. The third-order valence-corrected chi connectivity index (χ3v) is 4.00. The van der Waals surface area contributed by atoms with Crippen LogP contribution in [0.2, 0.25) is 5.02 Å². The Hall–Kier alpha value is -1.36. The molecule has 1 amide bonds. The first-order valence-electron chi connectivity index (χ1n) is 6.61. The van der Waals surface area contributed by atoms with Crippen molar-refractivity contribution in [3.63, 3.8) is 0 Å². The second-order valence-corrected chi connectivity index (χ2v) is 6.03. The second kappa shape index (κ2) is 7.59. The van der Waals surface area contributed by atoms with Crippen LogP contribution in [0.1, 0.15) is 12.0 Å². The van der Waals surface area contributed by atoms with E-state index in [1.54, 1.807) is 18.2 Å². The van der Waals surface area contributed by atoms with Crippen molar-refractivity contribution in [2.75, 3.05) is 5.32 Å². The number of nitrogens with one attached hydrogen (secondary N) is 1. The number of anilines is 1. The molecule has 3 nitrogen and oxygen atoms in total. The highest BCUT2D eigenvalue weighted by atomic mass is 79.9. The summed E-state index contributed by atoms with van der Waals surface area (Å²) in [5.74, 6) is -0.200. The number of amides is 1. The van der Waals surface area contributed by atoms with Crippen LogP contribution in [0, 0.1) is 0 Å². The molecule has 21 heavy (non-hydrogen) atoms. The summed E-state index contributed by atoms with van der Waals surface area (Å²) in [6.45, 7) is 0. The summed E-state index contributed by atoms with van der Waals surface area (Å²) in [5.41, 5.74) is 7.78. The average Bonchev–Trinajstić information content (AvgIpc) is 2.48. The van der Waals surface area contributed by atoms with E-state index < -0.39 is 6.04 Å². The lowest BCUT2D eigenvalue weighted by molar-refractivity contribution is -0.117. The van der Waals surface area contributed by atoms with E-state index in [4.69, 9.17) is 17.3 Å². The van der Waals surface area contributed by atoms with Crippen LogP contribution in [0.3, 0.4) is 0 Å². The fraction of sp³-hybridized carbons (Fsp3) is 0.188. The molecule has 2 rings (SSSR count). The topological polar surface area (TPSA) is 55.1 Å². The standard InChI is InChI=1S/C16H16BrClN2O/c17-13-10-12(18)7-9-15(13)20-16(21)14(19)8-6-11-4-2-1-3-5-11/h1-5,7,9-10,14H,6,8,19H2,(H,20,21). The maximum Gasteiger partial charge on any atom is 0.241 e. The van der Waals surface area contributed by atoms with Crippen LogP contribution in [0.5, 0.6) is 0 Å². The molecule has 0 saturated heterocycles. The summed E-state index contributed by atoms with van der Waals surface area (Å²) < 4.78 is 0.735. The van der Waals surface area contributed by atoms with Crippen molar-refractivity contribution in [3.8, 4) is 0 Å². The van der Waals surface area contributed by atoms with E-state index in [1.165, 1.54) is 5.56 Å². The summed E-state index contributed by atoms with van der Waals surface area (Å²) in [6, 6.07) is 14.6. The molecular weight excluding hydrogens is 352 g/mol. The first-order valence-corrected chi connectivity index (χ1v) is 7.79. The molecule has 0 aliphatic heterocycles. The lowest BCUT2D eigenvalue weighted by atomic mass is 10.1. The molecule has 0 aliphatic carbocycles. The molecule has 0 aromatic heterocycles. The molecule has 110 valence electrons. The zero-order chi connectivity index (χ0) is 15.2. The lowest BCUT2D eigenvalue weighted by Gasteiger charge is -2.13. The Labute approximate surface area is 137 Å². The van der Waals surface area contributed by atoms with Crippen molar-refractivity contribution in [2.45, 2.75) is 18.9 Å². The van der Waals surface area contributed by atoms with Gasteiger partial charge in [-0.1, -0.05) is 41.9 Å². The van der Waals surface area contributed by atoms with Crippen LogP contribution in [-0.2, 0) is 11.2 Å². The fourth-order valence-corrected chi connectivity index (χ4v) is 2.70. The van der Waals surface area contributed by atoms with Crippen LogP contribution >= 0.6 is 27.5 Å². The summed E-state index contributed by atoms with van der Waals surface area (Å²) in [5, 5.41) is 3.41. The van der Waals surface area contributed by atoms with Crippen molar-refractivity contribution in [3.05, 3.63) is 63.6 Å². The van der Waals surface area contributed by atoms with Gasteiger partial charge in [-0.2, -0.15) is 0 Å². The van der Waals surface area contributed by atoms with E-state index in [0.29, 0.717) is 17.1 Å². The number of nitrogens with two attached hydrogens (primary N) is 1. The van der Waals surface area contributed by atoms with Gasteiger partial charge in [0.2, 0.25) is 5.91 Å². The molecule has 0 saturated carbocycles. The van der Waals surface area contributed by atoms with Crippen molar-refractivity contribution in [1.82, 2.24) is 0 Å². The molecule has 0 aliphatic rings. The van der Waals surface area contributed by atoms with E-state index in [0.717, 1.165) is 10.9 Å². The molecule has 0 heterocycles. The van der Waals surface area contributed by atoms with E-state index in [2.05, 4.69) is 21.2 Å². The van der Waals surface area contributed by atoms with Gasteiger partial charge in [0.05, 0.1) is 11.7 Å². The van der Waals surface area contributed by atoms with Gasteiger partial charge in [-0.3, -0.25) is 4.79 Å². The molecule has 0 fully saturated rings. The Morgan fingerprint density at radius 3 is 2.62 bits per heavy atom. The maximum atomic E-state index is 12.1. The van der Waals surface area contributed by atoms with Crippen LogP contribution in [0.15, 0.2) is 53.0 Å². The van der Waals surface area contributed by atoms with Crippen molar-refractivity contribution >= 4 is 39.1 Å². The van der Waals surface area contributed by atoms with E-state index in [1.807, 2.05) is 30.3 Å². The number of carbonyl (C=O) groups excluding carboxylic acids is 1. The van der Waals surface area contributed by atoms with Crippen molar-refractivity contribution in [2.24, 2.45) is 5.73 Å². The number of rotatable bonds is 5. The predicted octanol–water partition coefficient (Wildman–Crippen LogP) is 4.00. The summed E-state index contributed by atoms with van der Waals surface area (Å²) in [6.07, 6.45) is 1.37. The van der Waals surface area contributed by atoms with Crippen LogP contribution in [0.4, 0.5) is 5.69 Å². The highest BCUT2D eigenvalue weighted by Gasteiger charge is 2.14. The Kier molecular flexibility index (Phi) is 5.79. The largest absolute Gasteiger partial charge is 0.324 e. The Bertz CT molecular complexity index is 619. The zero-order valence-electron chi connectivity index (χ0n) is 11.4. The molecule has 0 radical (unpaired) electrons. The number of carbonyl (C=O) groups is 1. The van der Waals surface area contributed by atoms with Gasteiger partial charge >= 0.3 is 0 Å². The van der Waals surface area contributed by atoms with Crippen LogP contribution in [-0.4, -0.2) is 11.9 Å². The summed E-state index contributed by atoms with van der Waals surface area (Å²) >= 11 is 9.23. The monoisotopic (exact) mass is 366 g/mol. The number of benzene rings is 2. The first kappa shape index (κ1) is 16.0. The van der Waals surface area contributed by atoms with Gasteiger partial charge in [-0.15, -0.1) is 0 Å². The van der Waals surface area contributed by atoms with Crippen molar-refractivity contribution in [1.29, 1.82) is 0 Å². The molecule has 3 N–H and O–H groups in total. The van der Waals surface area contributed by atoms with E-state index >= 15 is 0 Å². The molecule has 1 atom stereocenters. The molecular formula is C16H16BrClN2O. The molecule has 0 spiro atoms. The van der Waals surface area contributed by atoms with E-state index in [9.17, 15) is 4.79 Å². The first-order chi connectivity index (χ1) is 10.1.